The van der Waals surface area contributed by atoms with Crippen LogP contribution in [0, 0.1) is 0 Å². The van der Waals surface area contributed by atoms with Gasteiger partial charge in [0, 0.05) is 6.04 Å². The fraction of sp³-hybridized carbons (Fsp3) is 0.571. The number of nitrogens with one attached hydrogen (secondary N) is 1. The van der Waals surface area contributed by atoms with Gasteiger partial charge in [0.15, 0.2) is 0 Å². The van der Waals surface area contributed by atoms with Gasteiger partial charge in [-0.2, -0.15) is 0 Å². The van der Waals surface area contributed by atoms with Gasteiger partial charge in [0.2, 0.25) is 0 Å². The molecule has 0 aliphatic carbocycles. The Morgan fingerprint density at radius 3 is 2.27 bits per heavy atom. The Kier molecular flexibility index (Phi) is 5.41. The van der Waals surface area contributed by atoms with Crippen LogP contribution >= 0.6 is 0 Å². The van der Waals surface area contributed by atoms with E-state index in [2.05, 4.69) is 50.4 Å². The highest BCUT2D eigenvalue weighted by Crippen LogP contribution is 2.14. The van der Waals surface area contributed by atoms with Crippen LogP contribution in [0.5, 0.6) is 0 Å². The van der Waals surface area contributed by atoms with Crippen LogP contribution in [0.3, 0.4) is 0 Å². The topological polar surface area (TPSA) is 12.0 Å². The molecular weight excluding hydrogens is 182 g/mol. The van der Waals surface area contributed by atoms with Crippen LogP contribution in [0.15, 0.2) is 24.3 Å². The number of aryl methyl sites for hydroxylation is 1. The Morgan fingerprint density at radius 2 is 1.73 bits per heavy atom. The molecule has 0 bridgehead atoms. The van der Waals surface area contributed by atoms with Crippen molar-refractivity contribution in [2.45, 2.75) is 46.1 Å². The summed E-state index contributed by atoms with van der Waals surface area (Å²) in [6, 6.07) is 9.48. The van der Waals surface area contributed by atoms with Gasteiger partial charge in [-0.1, -0.05) is 44.5 Å². The van der Waals surface area contributed by atoms with Gasteiger partial charge in [-0.25, -0.2) is 0 Å². The van der Waals surface area contributed by atoms with Crippen molar-refractivity contribution in [2.24, 2.45) is 0 Å². The fourth-order valence-electron chi connectivity index (χ4n) is 1.74. The van der Waals surface area contributed by atoms with Gasteiger partial charge in [0.05, 0.1) is 0 Å². The summed E-state index contributed by atoms with van der Waals surface area (Å²) < 4.78 is 0. The fourth-order valence-corrected chi connectivity index (χ4v) is 1.74. The maximum Gasteiger partial charge on any atom is 0.0291 e. The van der Waals surface area contributed by atoms with E-state index in [0.717, 1.165) is 6.54 Å². The third-order valence-corrected chi connectivity index (χ3v) is 2.72. The maximum absolute atomic E-state index is 3.50. The van der Waals surface area contributed by atoms with E-state index in [-0.39, 0.29) is 0 Å². The van der Waals surface area contributed by atoms with Gasteiger partial charge in [-0.3, -0.25) is 0 Å². The molecule has 0 saturated carbocycles. The molecule has 0 saturated heterocycles. The summed E-state index contributed by atoms with van der Waals surface area (Å²) in [6.07, 6.45) is 3.61. The molecule has 0 heterocycles. The molecule has 1 N–H and O–H groups in total. The van der Waals surface area contributed by atoms with Gasteiger partial charge in [-0.05, 0) is 37.4 Å². The van der Waals surface area contributed by atoms with Crippen molar-refractivity contribution in [3.05, 3.63) is 35.4 Å². The SMILES string of the molecule is CCCNC(C)c1ccc(CCC)cc1. The van der Waals surface area contributed by atoms with E-state index in [1.54, 1.807) is 0 Å². The molecule has 0 radical (unpaired) electrons. The molecule has 1 heteroatoms. The van der Waals surface area contributed by atoms with E-state index in [1.807, 2.05) is 0 Å². The molecule has 84 valence electrons. The minimum absolute atomic E-state index is 0.473. The standard InChI is InChI=1S/C14H23N/c1-4-6-13-7-9-14(10-8-13)12(3)15-11-5-2/h7-10,12,15H,4-6,11H2,1-3H3. The van der Waals surface area contributed by atoms with E-state index >= 15 is 0 Å². The Balaban J connectivity index is 2.54. The largest absolute Gasteiger partial charge is 0.310 e. The van der Waals surface area contributed by atoms with E-state index < -0.39 is 0 Å². The molecular formula is C14H23N. The van der Waals surface area contributed by atoms with Gasteiger partial charge < -0.3 is 5.32 Å². The Hall–Kier alpha value is -0.820. The van der Waals surface area contributed by atoms with Crippen molar-refractivity contribution in [1.29, 1.82) is 0 Å². The second-order valence-corrected chi connectivity index (χ2v) is 4.17. The highest BCUT2D eigenvalue weighted by Gasteiger charge is 2.02. The lowest BCUT2D eigenvalue weighted by Gasteiger charge is -2.13. The average molecular weight is 205 g/mol. The van der Waals surface area contributed by atoms with E-state index in [0.29, 0.717) is 6.04 Å². The number of rotatable bonds is 6. The summed E-state index contributed by atoms with van der Waals surface area (Å²) in [5.41, 5.74) is 2.84. The van der Waals surface area contributed by atoms with E-state index in [9.17, 15) is 0 Å². The summed E-state index contributed by atoms with van der Waals surface area (Å²) in [5, 5.41) is 3.50. The zero-order valence-electron chi connectivity index (χ0n) is 10.2. The lowest BCUT2D eigenvalue weighted by molar-refractivity contribution is 0.570. The highest BCUT2D eigenvalue weighted by molar-refractivity contribution is 5.24. The van der Waals surface area contributed by atoms with Gasteiger partial charge in [-0.15, -0.1) is 0 Å². The lowest BCUT2D eigenvalue weighted by atomic mass is 10.0. The first-order valence-corrected chi connectivity index (χ1v) is 6.10. The van der Waals surface area contributed by atoms with Crippen molar-refractivity contribution < 1.29 is 0 Å². The predicted octanol–water partition coefficient (Wildman–Crippen LogP) is 3.70. The molecule has 1 rings (SSSR count). The lowest BCUT2D eigenvalue weighted by Crippen LogP contribution is -2.19. The molecule has 15 heavy (non-hydrogen) atoms. The minimum Gasteiger partial charge on any atom is -0.310 e. The molecule has 1 aromatic rings. The van der Waals surface area contributed by atoms with E-state index in [1.165, 1.54) is 30.4 Å². The van der Waals surface area contributed by atoms with Crippen molar-refractivity contribution in [1.82, 2.24) is 5.32 Å². The Bertz CT molecular complexity index is 263. The zero-order valence-corrected chi connectivity index (χ0v) is 10.2. The maximum atomic E-state index is 3.50. The monoisotopic (exact) mass is 205 g/mol. The molecule has 1 unspecified atom stereocenters. The van der Waals surface area contributed by atoms with Crippen molar-refractivity contribution in [3.63, 3.8) is 0 Å². The first-order valence-electron chi connectivity index (χ1n) is 6.10. The molecule has 1 atom stereocenters. The second-order valence-electron chi connectivity index (χ2n) is 4.17. The second kappa shape index (κ2) is 6.62. The normalized spacial score (nSPS) is 12.7. The van der Waals surface area contributed by atoms with Crippen molar-refractivity contribution >= 4 is 0 Å². The number of benzene rings is 1. The molecule has 0 fully saturated rings. The van der Waals surface area contributed by atoms with Crippen LogP contribution in [-0.4, -0.2) is 6.54 Å². The van der Waals surface area contributed by atoms with Crippen LogP contribution in [-0.2, 0) is 6.42 Å². The van der Waals surface area contributed by atoms with Gasteiger partial charge in [0.1, 0.15) is 0 Å². The summed E-state index contributed by atoms with van der Waals surface area (Å²) in [6.45, 7) is 7.74. The minimum atomic E-state index is 0.473. The Labute approximate surface area is 93.9 Å². The molecule has 0 aromatic heterocycles. The summed E-state index contributed by atoms with van der Waals surface area (Å²) in [7, 11) is 0. The third-order valence-electron chi connectivity index (χ3n) is 2.72. The van der Waals surface area contributed by atoms with Crippen molar-refractivity contribution in [3.8, 4) is 0 Å². The smallest absolute Gasteiger partial charge is 0.0291 e. The summed E-state index contributed by atoms with van der Waals surface area (Å²) >= 11 is 0. The third kappa shape index (κ3) is 4.05. The predicted molar refractivity (Wildman–Crippen MR) is 67.1 cm³/mol. The van der Waals surface area contributed by atoms with Crippen LogP contribution < -0.4 is 5.32 Å². The van der Waals surface area contributed by atoms with E-state index in [4.69, 9.17) is 0 Å². The quantitative estimate of drug-likeness (QED) is 0.746. The van der Waals surface area contributed by atoms with Crippen LogP contribution in [0.25, 0.3) is 0 Å². The molecule has 0 aliphatic rings. The molecule has 0 spiro atoms. The molecule has 0 amide bonds. The summed E-state index contributed by atoms with van der Waals surface area (Å²) in [5.74, 6) is 0. The van der Waals surface area contributed by atoms with Gasteiger partial charge >= 0.3 is 0 Å². The molecule has 1 aromatic carbocycles. The number of hydrogen-bond acceptors (Lipinski definition) is 1. The molecule has 1 nitrogen and oxygen atoms in total. The first kappa shape index (κ1) is 12.3. The highest BCUT2D eigenvalue weighted by atomic mass is 14.9. The number of hydrogen-bond donors (Lipinski definition) is 1. The van der Waals surface area contributed by atoms with Crippen LogP contribution in [0.4, 0.5) is 0 Å². The first-order chi connectivity index (χ1) is 7.27. The molecule has 0 aliphatic heterocycles. The van der Waals surface area contributed by atoms with Gasteiger partial charge in [0.25, 0.3) is 0 Å². The Morgan fingerprint density at radius 1 is 1.07 bits per heavy atom. The van der Waals surface area contributed by atoms with Crippen molar-refractivity contribution in [2.75, 3.05) is 6.54 Å². The zero-order chi connectivity index (χ0) is 11.1. The summed E-state index contributed by atoms with van der Waals surface area (Å²) in [4.78, 5) is 0. The average Bonchev–Trinajstić information content (AvgIpc) is 2.27. The van der Waals surface area contributed by atoms with Crippen LogP contribution in [0.2, 0.25) is 0 Å². The van der Waals surface area contributed by atoms with Crippen LogP contribution in [0.1, 0.15) is 50.8 Å².